The molecular formula is C57H41BN3O2. The zero-order valence-electron chi connectivity index (χ0n) is 35.5. The Balaban J connectivity index is 1.08. The Morgan fingerprint density at radius 3 is 1.98 bits per heavy atom. The van der Waals surface area contributed by atoms with Gasteiger partial charge in [-0.25, -0.2) is 0 Å². The molecule has 5 nitrogen and oxygen atoms in total. The van der Waals surface area contributed by atoms with Crippen molar-refractivity contribution in [2.75, 3.05) is 17.3 Å². The number of para-hydroxylation sites is 2. The van der Waals surface area contributed by atoms with Crippen LogP contribution in [-0.2, 0) is 5.41 Å². The third kappa shape index (κ3) is 5.31. The van der Waals surface area contributed by atoms with E-state index in [9.17, 15) is 0 Å². The Morgan fingerprint density at radius 1 is 0.571 bits per heavy atom. The molecule has 2 aliphatic rings. The van der Waals surface area contributed by atoms with Crippen LogP contribution in [0.5, 0.6) is 0 Å². The molecule has 299 valence electrons. The van der Waals surface area contributed by atoms with E-state index in [0.29, 0.717) is 0 Å². The van der Waals surface area contributed by atoms with Crippen molar-refractivity contribution >= 4 is 112 Å². The molecule has 11 aromatic rings. The Labute approximate surface area is 365 Å². The summed E-state index contributed by atoms with van der Waals surface area (Å²) < 4.78 is 15.5. The van der Waals surface area contributed by atoms with Crippen molar-refractivity contribution in [3.63, 3.8) is 0 Å². The molecule has 0 unspecified atom stereocenters. The first-order valence-corrected chi connectivity index (χ1v) is 21.7. The van der Waals surface area contributed by atoms with E-state index in [1.165, 1.54) is 16.5 Å². The van der Waals surface area contributed by atoms with Crippen molar-refractivity contribution in [2.24, 2.45) is 0 Å². The fourth-order valence-electron chi connectivity index (χ4n) is 10.2. The Bertz CT molecular complexity index is 3800. The van der Waals surface area contributed by atoms with E-state index in [0.717, 1.165) is 122 Å². The van der Waals surface area contributed by atoms with Gasteiger partial charge in [0, 0.05) is 79.1 Å². The molecule has 0 amide bonds. The molecule has 8 aromatic carbocycles. The van der Waals surface area contributed by atoms with Crippen molar-refractivity contribution < 1.29 is 8.83 Å². The van der Waals surface area contributed by atoms with E-state index in [4.69, 9.17) is 8.83 Å². The van der Waals surface area contributed by atoms with Gasteiger partial charge in [0.15, 0.2) is 7.28 Å². The third-order valence-electron chi connectivity index (χ3n) is 13.4. The molecule has 5 heterocycles. The van der Waals surface area contributed by atoms with Crippen molar-refractivity contribution in [3.8, 4) is 16.8 Å². The molecular weight excluding hydrogens is 769 g/mol. The lowest BCUT2D eigenvalue weighted by molar-refractivity contribution is 0.590. The summed E-state index contributed by atoms with van der Waals surface area (Å²) >= 11 is 0. The van der Waals surface area contributed by atoms with Crippen molar-refractivity contribution in [1.82, 2.24) is 4.57 Å². The molecule has 3 aromatic heterocycles. The Kier molecular flexibility index (Phi) is 7.38. The van der Waals surface area contributed by atoms with Gasteiger partial charge in [0.25, 0.3) is 0 Å². The summed E-state index contributed by atoms with van der Waals surface area (Å²) in [6.45, 7) is 11.4. The van der Waals surface area contributed by atoms with Crippen LogP contribution in [0, 0.1) is 0 Å². The zero-order valence-corrected chi connectivity index (χ0v) is 35.5. The highest BCUT2D eigenvalue weighted by Gasteiger charge is 2.31. The molecule has 1 N–H and O–H groups in total. The van der Waals surface area contributed by atoms with Crippen LogP contribution >= 0.6 is 0 Å². The summed E-state index contributed by atoms with van der Waals surface area (Å²) in [5.74, 6) is 0. The summed E-state index contributed by atoms with van der Waals surface area (Å²) in [6, 6.07) is 54.5. The maximum atomic E-state index is 6.52. The van der Waals surface area contributed by atoms with Crippen molar-refractivity contribution in [3.05, 3.63) is 181 Å². The molecule has 0 spiro atoms. The monoisotopic (exact) mass is 810 g/mol. The summed E-state index contributed by atoms with van der Waals surface area (Å²) in [7, 11) is 4.56. The highest BCUT2D eigenvalue weighted by molar-refractivity contribution is 6.73. The second-order valence-corrected chi connectivity index (χ2v) is 18.2. The van der Waals surface area contributed by atoms with Gasteiger partial charge < -0.3 is 23.6 Å². The van der Waals surface area contributed by atoms with Gasteiger partial charge in [-0.1, -0.05) is 130 Å². The number of rotatable bonds is 4. The standard InChI is InChI=1S/C57H41BN3O2/c1-32-25-47(33-13-7-6-8-14-33)60(5)48-31-50-45(27-40(32)48)58-55-38(23-24-39-42-29-53-44(28-49(42)61(50)56(39)55)37-16-10-12-18-52(37)62-53)41-26-43-36-15-9-11-17-51(36)63-54(43)30-46(41)59-35-21-19-34(20-22-35)57(2,3)4/h6-31,59H,1H2,2-5H3. The average Bonchev–Trinajstić information content (AvgIpc) is 3.96. The quantitative estimate of drug-likeness (QED) is 0.180. The third-order valence-corrected chi connectivity index (χ3v) is 13.4. The number of benzene rings is 8. The largest absolute Gasteiger partial charge is 0.456 e. The molecule has 0 fully saturated rings. The van der Waals surface area contributed by atoms with E-state index in [2.05, 4.69) is 202 Å². The zero-order chi connectivity index (χ0) is 42.3. The number of anilines is 3. The normalized spacial score (nSPS) is 13.6. The number of hydrogen-bond acceptors (Lipinski definition) is 4. The predicted molar refractivity (Wildman–Crippen MR) is 266 cm³/mol. The smallest absolute Gasteiger partial charge is 0.197 e. The molecule has 13 rings (SSSR count). The van der Waals surface area contributed by atoms with Crippen LogP contribution in [0.3, 0.4) is 0 Å². The maximum Gasteiger partial charge on any atom is 0.197 e. The second-order valence-electron chi connectivity index (χ2n) is 18.2. The second kappa shape index (κ2) is 12.9. The summed E-state index contributed by atoms with van der Waals surface area (Å²) in [4.78, 5) is 2.31. The first-order valence-electron chi connectivity index (χ1n) is 21.7. The SMILES string of the molecule is C=C1C=C(c2ccccc2)N(C)c2cc3c(cc21)[B]c1c(-c2cc4c(cc2Nc2ccc(C(C)(C)C)cc2)oc2ccccc24)ccc2c4cc5oc6ccccc6c5cc4n-3c12. The van der Waals surface area contributed by atoms with Gasteiger partial charge in [-0.05, 0) is 87.7 Å². The number of furan rings is 2. The first-order chi connectivity index (χ1) is 30.7. The van der Waals surface area contributed by atoms with Crippen molar-refractivity contribution in [2.45, 2.75) is 26.2 Å². The molecule has 0 saturated carbocycles. The average molecular weight is 811 g/mol. The van der Waals surface area contributed by atoms with Gasteiger partial charge in [0.2, 0.25) is 0 Å². The van der Waals surface area contributed by atoms with Gasteiger partial charge in [-0.2, -0.15) is 0 Å². The van der Waals surface area contributed by atoms with Crippen LogP contribution in [0.2, 0.25) is 0 Å². The van der Waals surface area contributed by atoms with Crippen LogP contribution < -0.4 is 21.1 Å². The number of allylic oxidation sites excluding steroid dienone is 2. The fraction of sp³-hybridized carbons (Fsp3) is 0.0877. The number of fused-ring (bicyclic) bond motifs is 12. The summed E-state index contributed by atoms with van der Waals surface area (Å²) in [5, 5.41) is 10.6. The molecule has 0 saturated heterocycles. The number of nitrogens with zero attached hydrogens (tertiary/aromatic N) is 2. The minimum Gasteiger partial charge on any atom is -0.456 e. The molecule has 1 radical (unpaired) electrons. The van der Waals surface area contributed by atoms with E-state index < -0.39 is 0 Å². The van der Waals surface area contributed by atoms with Crippen LogP contribution in [0.1, 0.15) is 37.5 Å². The van der Waals surface area contributed by atoms with Crippen LogP contribution in [0.15, 0.2) is 173 Å². The summed E-state index contributed by atoms with van der Waals surface area (Å²) in [5.41, 5.74) is 20.3. The van der Waals surface area contributed by atoms with Gasteiger partial charge in [0.05, 0.1) is 16.9 Å². The van der Waals surface area contributed by atoms with Crippen LogP contribution in [0.4, 0.5) is 17.1 Å². The number of nitrogens with one attached hydrogen (secondary N) is 1. The Hall–Kier alpha value is -7.70. The van der Waals surface area contributed by atoms with E-state index in [-0.39, 0.29) is 5.41 Å². The fourth-order valence-corrected chi connectivity index (χ4v) is 10.2. The number of aromatic nitrogens is 1. The number of hydrogen-bond donors (Lipinski definition) is 1. The molecule has 0 aliphatic carbocycles. The molecule has 63 heavy (non-hydrogen) atoms. The van der Waals surface area contributed by atoms with Gasteiger partial charge in [-0.15, -0.1) is 0 Å². The van der Waals surface area contributed by atoms with E-state index in [1.807, 2.05) is 12.1 Å². The first kappa shape index (κ1) is 36.0. The van der Waals surface area contributed by atoms with E-state index >= 15 is 0 Å². The minimum atomic E-state index is 0.0523. The van der Waals surface area contributed by atoms with Gasteiger partial charge >= 0.3 is 0 Å². The van der Waals surface area contributed by atoms with Gasteiger partial charge in [0.1, 0.15) is 22.3 Å². The van der Waals surface area contributed by atoms with Crippen LogP contribution in [-0.4, -0.2) is 18.9 Å². The Morgan fingerprint density at radius 2 is 1.25 bits per heavy atom. The summed E-state index contributed by atoms with van der Waals surface area (Å²) in [6.07, 6.45) is 2.21. The minimum absolute atomic E-state index is 0.0523. The van der Waals surface area contributed by atoms with E-state index in [1.54, 1.807) is 0 Å². The van der Waals surface area contributed by atoms with Crippen LogP contribution in [0.25, 0.3) is 93.8 Å². The lowest BCUT2D eigenvalue weighted by Gasteiger charge is -2.33. The molecule has 0 atom stereocenters. The molecule has 0 bridgehead atoms. The molecule has 2 aliphatic heterocycles. The topological polar surface area (TPSA) is 46.5 Å². The maximum absolute atomic E-state index is 6.52. The predicted octanol–water partition coefficient (Wildman–Crippen LogP) is 13.8. The lowest BCUT2D eigenvalue weighted by Crippen LogP contribution is -2.38. The lowest BCUT2D eigenvalue weighted by atomic mass is 9.58. The molecule has 6 heteroatoms. The highest BCUT2D eigenvalue weighted by atomic mass is 16.3. The van der Waals surface area contributed by atoms with Crippen molar-refractivity contribution in [1.29, 1.82) is 0 Å². The van der Waals surface area contributed by atoms with Gasteiger partial charge in [-0.3, -0.25) is 0 Å². The highest BCUT2D eigenvalue weighted by Crippen LogP contribution is 2.45.